The van der Waals surface area contributed by atoms with Crippen molar-refractivity contribution in [3.8, 4) is 0 Å². The average Bonchev–Trinajstić information content (AvgIpc) is 3.17. The van der Waals surface area contributed by atoms with Gasteiger partial charge in [0.2, 0.25) is 0 Å². The highest BCUT2D eigenvalue weighted by Crippen LogP contribution is 2.71. The summed E-state index contributed by atoms with van der Waals surface area (Å²) in [7, 11) is 0. The van der Waals surface area contributed by atoms with Gasteiger partial charge in [-0.1, -0.05) is 39.7 Å². The van der Waals surface area contributed by atoms with Crippen molar-refractivity contribution in [3.63, 3.8) is 0 Å². The minimum atomic E-state index is -2.69. The lowest BCUT2D eigenvalue weighted by atomic mass is 9.43. The summed E-state index contributed by atoms with van der Waals surface area (Å²) in [6.45, 7) is 6.68. The summed E-state index contributed by atoms with van der Waals surface area (Å²) in [4.78, 5) is 0. The molecule has 2 unspecified atom stereocenters. The Kier molecular flexibility index (Phi) is 7.26. The average molecular weight is 525 g/mol. The first-order valence-electron chi connectivity index (χ1n) is 14.6. The number of aliphatic hydroxyl groups is 2. The van der Waals surface area contributed by atoms with Crippen LogP contribution >= 0.6 is 0 Å². The van der Waals surface area contributed by atoms with Crippen LogP contribution in [0.4, 0.5) is 17.6 Å². The second kappa shape index (κ2) is 9.80. The maximum Gasteiger partial charge on any atom is 0.251 e. The molecule has 0 heterocycles. The fourth-order valence-electron chi connectivity index (χ4n) is 9.92. The third kappa shape index (κ3) is 4.56. The van der Waals surface area contributed by atoms with E-state index in [1.54, 1.807) is 0 Å². The standard InChI is InChI=1S/C31H44F4O2/c1-18(6-4-9-26(37)27-24(32)7-5-8-25(27)33)21-10-11-22-28-23(13-15-30(21,22)3)29(2)14-12-20(36)16-19(29)17-31(28,34)35/h5,7-8,18-23,26,28,36-37H,4,6,9-17H2,1-3H3/t18-,19?,20+,21-,22+,23+,26?,28+,29+,30-/m1/s1. The van der Waals surface area contributed by atoms with Gasteiger partial charge in [0.05, 0.1) is 17.8 Å². The molecule has 1 aromatic rings. The van der Waals surface area contributed by atoms with Crippen molar-refractivity contribution in [3.05, 3.63) is 35.4 Å². The Morgan fingerprint density at radius 3 is 2.30 bits per heavy atom. The van der Waals surface area contributed by atoms with E-state index < -0.39 is 35.7 Å². The predicted molar refractivity (Wildman–Crippen MR) is 136 cm³/mol. The topological polar surface area (TPSA) is 40.5 Å². The minimum Gasteiger partial charge on any atom is -0.393 e. The molecule has 4 aliphatic carbocycles. The summed E-state index contributed by atoms with van der Waals surface area (Å²) in [6, 6.07) is 3.63. The van der Waals surface area contributed by atoms with Crippen molar-refractivity contribution >= 4 is 0 Å². The highest BCUT2D eigenvalue weighted by Gasteiger charge is 2.68. The zero-order chi connectivity index (χ0) is 26.8. The Morgan fingerprint density at radius 2 is 1.59 bits per heavy atom. The molecule has 2 N–H and O–H groups in total. The largest absolute Gasteiger partial charge is 0.393 e. The molecule has 0 aliphatic heterocycles. The SMILES string of the molecule is C[C@H](CCCC(O)c1c(F)cccc1F)[C@H]1CC[C@H]2[C@H]3[C@H](CC[C@]12C)[C@@]1(C)CC[C@H](O)CC1CC3(F)F. The van der Waals surface area contributed by atoms with Crippen LogP contribution in [0, 0.1) is 58.0 Å². The van der Waals surface area contributed by atoms with Crippen LogP contribution in [0.2, 0.25) is 0 Å². The normalized spacial score (nSPS) is 42.4. The molecule has 208 valence electrons. The first-order chi connectivity index (χ1) is 17.4. The summed E-state index contributed by atoms with van der Waals surface area (Å²) in [6.07, 6.45) is 5.71. The van der Waals surface area contributed by atoms with Crippen LogP contribution in [0.1, 0.15) is 103 Å². The summed E-state index contributed by atoms with van der Waals surface area (Å²) in [5.74, 6) is -4.14. The first kappa shape index (κ1) is 27.4. The van der Waals surface area contributed by atoms with E-state index in [0.29, 0.717) is 24.7 Å². The minimum absolute atomic E-state index is 0.0106. The molecule has 0 amide bonds. The van der Waals surface area contributed by atoms with Gasteiger partial charge in [-0.05, 0) is 104 Å². The van der Waals surface area contributed by atoms with Crippen LogP contribution in [0.25, 0.3) is 0 Å². The monoisotopic (exact) mass is 524 g/mol. The van der Waals surface area contributed by atoms with Crippen molar-refractivity contribution < 1.29 is 27.8 Å². The van der Waals surface area contributed by atoms with Crippen molar-refractivity contribution in [2.75, 3.05) is 0 Å². The molecule has 5 rings (SSSR count). The van der Waals surface area contributed by atoms with E-state index in [4.69, 9.17) is 0 Å². The van der Waals surface area contributed by atoms with Gasteiger partial charge in [-0.3, -0.25) is 0 Å². The van der Waals surface area contributed by atoms with Crippen LogP contribution in [0.5, 0.6) is 0 Å². The highest BCUT2D eigenvalue weighted by molar-refractivity contribution is 5.22. The molecule has 1 aromatic carbocycles. The molecule has 4 fully saturated rings. The van der Waals surface area contributed by atoms with Gasteiger partial charge in [0.25, 0.3) is 5.92 Å². The van der Waals surface area contributed by atoms with Crippen LogP contribution in [-0.2, 0) is 0 Å². The highest BCUT2D eigenvalue weighted by atomic mass is 19.3. The maximum absolute atomic E-state index is 15.9. The lowest BCUT2D eigenvalue weighted by Gasteiger charge is -2.63. The molecular weight excluding hydrogens is 480 g/mol. The van der Waals surface area contributed by atoms with Gasteiger partial charge in [-0.15, -0.1) is 0 Å². The van der Waals surface area contributed by atoms with Crippen LogP contribution in [0.15, 0.2) is 18.2 Å². The molecule has 0 saturated heterocycles. The summed E-state index contributed by atoms with van der Waals surface area (Å²) in [5, 5.41) is 20.7. The summed E-state index contributed by atoms with van der Waals surface area (Å²) in [5.41, 5.74) is -0.491. The van der Waals surface area contributed by atoms with Crippen molar-refractivity contribution in [1.29, 1.82) is 0 Å². The maximum atomic E-state index is 15.9. The van der Waals surface area contributed by atoms with E-state index in [2.05, 4.69) is 20.8 Å². The molecule has 0 spiro atoms. The quantitative estimate of drug-likeness (QED) is 0.370. The van der Waals surface area contributed by atoms with Gasteiger partial charge < -0.3 is 10.2 Å². The number of fused-ring (bicyclic) bond motifs is 5. The van der Waals surface area contributed by atoms with Gasteiger partial charge in [0.15, 0.2) is 0 Å². The fourth-order valence-corrected chi connectivity index (χ4v) is 9.92. The van der Waals surface area contributed by atoms with Gasteiger partial charge in [-0.25, -0.2) is 17.6 Å². The Labute approximate surface area is 219 Å². The van der Waals surface area contributed by atoms with E-state index in [-0.39, 0.29) is 47.0 Å². The number of halogens is 4. The molecular formula is C31H44F4O2. The first-order valence-corrected chi connectivity index (χ1v) is 14.6. The molecule has 0 aromatic heterocycles. The molecule has 10 atom stereocenters. The molecule has 0 radical (unpaired) electrons. The molecule has 37 heavy (non-hydrogen) atoms. The number of benzene rings is 1. The lowest BCUT2D eigenvalue weighted by Crippen LogP contribution is -2.61. The van der Waals surface area contributed by atoms with Gasteiger partial charge in [0.1, 0.15) is 11.6 Å². The predicted octanol–water partition coefficient (Wildman–Crippen LogP) is 8.07. The Morgan fingerprint density at radius 1 is 0.946 bits per heavy atom. The van der Waals surface area contributed by atoms with Crippen molar-refractivity contribution in [2.45, 2.75) is 110 Å². The Hall–Kier alpha value is -1.14. The Bertz CT molecular complexity index is 964. The van der Waals surface area contributed by atoms with E-state index >= 15 is 8.78 Å². The number of aliphatic hydroxyl groups excluding tert-OH is 2. The smallest absolute Gasteiger partial charge is 0.251 e. The van der Waals surface area contributed by atoms with E-state index in [1.165, 1.54) is 18.2 Å². The summed E-state index contributed by atoms with van der Waals surface area (Å²) < 4.78 is 59.9. The van der Waals surface area contributed by atoms with Crippen molar-refractivity contribution in [1.82, 2.24) is 0 Å². The molecule has 2 nitrogen and oxygen atoms in total. The second-order valence-corrected chi connectivity index (χ2v) is 13.6. The molecule has 6 heteroatoms. The molecule has 4 aliphatic rings. The van der Waals surface area contributed by atoms with E-state index in [1.807, 2.05) is 0 Å². The van der Waals surface area contributed by atoms with E-state index in [0.717, 1.165) is 44.9 Å². The third-order valence-electron chi connectivity index (χ3n) is 11.9. The lowest BCUT2D eigenvalue weighted by molar-refractivity contribution is -0.238. The van der Waals surface area contributed by atoms with Crippen molar-refractivity contribution in [2.24, 2.45) is 46.3 Å². The zero-order valence-electron chi connectivity index (χ0n) is 22.5. The number of alkyl halides is 2. The second-order valence-electron chi connectivity index (χ2n) is 13.6. The van der Waals surface area contributed by atoms with Gasteiger partial charge in [-0.2, -0.15) is 0 Å². The summed E-state index contributed by atoms with van der Waals surface area (Å²) >= 11 is 0. The third-order valence-corrected chi connectivity index (χ3v) is 11.9. The molecule has 0 bridgehead atoms. The van der Waals surface area contributed by atoms with E-state index in [9.17, 15) is 19.0 Å². The van der Waals surface area contributed by atoms with Gasteiger partial charge in [0, 0.05) is 12.3 Å². The van der Waals surface area contributed by atoms with Crippen LogP contribution in [0.3, 0.4) is 0 Å². The van der Waals surface area contributed by atoms with Crippen LogP contribution < -0.4 is 0 Å². The number of hydrogen-bond donors (Lipinski definition) is 2. The molecule has 4 saturated carbocycles. The fraction of sp³-hybridized carbons (Fsp3) is 0.806. The van der Waals surface area contributed by atoms with Gasteiger partial charge >= 0.3 is 0 Å². The number of hydrogen-bond acceptors (Lipinski definition) is 2. The van der Waals surface area contributed by atoms with Crippen LogP contribution in [-0.4, -0.2) is 22.2 Å². The Balaban J connectivity index is 1.27. The zero-order valence-corrected chi connectivity index (χ0v) is 22.5. The number of rotatable bonds is 6.